The van der Waals surface area contributed by atoms with E-state index in [0.29, 0.717) is 0 Å². The molecule has 6 nitrogen and oxygen atoms in total. The maximum Gasteiger partial charge on any atom is 0.259 e. The van der Waals surface area contributed by atoms with Gasteiger partial charge in [0.05, 0.1) is 16.3 Å². The molecule has 3 heterocycles. The molecule has 0 saturated carbocycles. The molecule has 27 heavy (non-hydrogen) atoms. The van der Waals surface area contributed by atoms with Crippen LogP contribution >= 0.6 is 11.8 Å². The minimum atomic E-state index is -0.00854. The molecule has 2 aliphatic rings. The Balaban J connectivity index is 1.39. The normalized spacial score (nSPS) is 19.0. The quantitative estimate of drug-likeness (QED) is 0.733. The average Bonchev–Trinajstić information content (AvgIpc) is 3.35. The summed E-state index contributed by atoms with van der Waals surface area (Å²) < 4.78 is 0. The first-order valence-corrected chi connectivity index (χ1v) is 10.1. The molecule has 1 aliphatic heterocycles. The number of nitrogens with one attached hydrogen (secondary N) is 2. The SMILES string of the molecule is O=C(NC1CCc2ccccc21)C1=CN(c2ncnc3[nH]ccc23)CCS1. The third-order valence-electron chi connectivity index (χ3n) is 5.13. The lowest BCUT2D eigenvalue weighted by Crippen LogP contribution is -2.32. The zero-order chi connectivity index (χ0) is 18.2. The number of H-pyrrole nitrogens is 1. The highest BCUT2D eigenvalue weighted by molar-refractivity contribution is 8.04. The molecule has 0 spiro atoms. The number of hydrogen-bond acceptors (Lipinski definition) is 5. The van der Waals surface area contributed by atoms with Gasteiger partial charge in [0.15, 0.2) is 0 Å². The van der Waals surface area contributed by atoms with Crippen LogP contribution < -0.4 is 10.2 Å². The Morgan fingerprint density at radius 1 is 1.26 bits per heavy atom. The van der Waals surface area contributed by atoms with Gasteiger partial charge in [-0.1, -0.05) is 24.3 Å². The van der Waals surface area contributed by atoms with E-state index >= 15 is 0 Å². The number of hydrogen-bond donors (Lipinski definition) is 2. The number of carbonyl (C=O) groups is 1. The summed E-state index contributed by atoms with van der Waals surface area (Å²) in [5.41, 5.74) is 3.39. The lowest BCUT2D eigenvalue weighted by Gasteiger charge is -2.26. The Kier molecular flexibility index (Phi) is 4.09. The Hall–Kier alpha value is -2.80. The highest BCUT2D eigenvalue weighted by Gasteiger charge is 2.26. The van der Waals surface area contributed by atoms with Gasteiger partial charge in [0.2, 0.25) is 0 Å². The number of rotatable bonds is 3. The average molecular weight is 377 g/mol. The molecular weight excluding hydrogens is 358 g/mol. The Bertz CT molecular complexity index is 1040. The van der Waals surface area contributed by atoms with Crippen LogP contribution in [0, 0.1) is 0 Å². The molecule has 7 heteroatoms. The van der Waals surface area contributed by atoms with E-state index in [1.807, 2.05) is 29.4 Å². The molecule has 1 amide bonds. The van der Waals surface area contributed by atoms with Crippen molar-refractivity contribution < 1.29 is 4.79 Å². The van der Waals surface area contributed by atoms with Crippen molar-refractivity contribution in [2.24, 2.45) is 0 Å². The van der Waals surface area contributed by atoms with Gasteiger partial charge < -0.3 is 15.2 Å². The van der Waals surface area contributed by atoms with Crippen LogP contribution in [0.25, 0.3) is 11.0 Å². The molecule has 1 aromatic carbocycles. The number of aromatic nitrogens is 3. The fourth-order valence-corrected chi connectivity index (χ4v) is 4.71. The molecule has 1 aliphatic carbocycles. The summed E-state index contributed by atoms with van der Waals surface area (Å²) in [6, 6.07) is 10.4. The zero-order valence-electron chi connectivity index (χ0n) is 14.7. The number of fused-ring (bicyclic) bond motifs is 2. The topological polar surface area (TPSA) is 73.9 Å². The Morgan fingerprint density at radius 3 is 3.15 bits per heavy atom. The second-order valence-electron chi connectivity index (χ2n) is 6.74. The number of amides is 1. The van der Waals surface area contributed by atoms with Crippen molar-refractivity contribution in [3.05, 3.63) is 65.1 Å². The summed E-state index contributed by atoms with van der Waals surface area (Å²) in [7, 11) is 0. The van der Waals surface area contributed by atoms with Crippen molar-refractivity contribution in [3.63, 3.8) is 0 Å². The Morgan fingerprint density at radius 2 is 2.19 bits per heavy atom. The molecule has 0 radical (unpaired) electrons. The van der Waals surface area contributed by atoms with Gasteiger partial charge >= 0.3 is 0 Å². The molecule has 136 valence electrons. The molecule has 1 atom stereocenters. The van der Waals surface area contributed by atoms with Crippen LogP contribution in [0.1, 0.15) is 23.6 Å². The standard InChI is InChI=1S/C20H19N5OS/c26-20(24-16-6-5-13-3-1-2-4-14(13)16)17-11-25(9-10-27-17)19-15-7-8-21-18(15)22-12-23-19/h1-4,7-8,11-12,16H,5-6,9-10H2,(H,24,26)(H,21,22,23). The fourth-order valence-electron chi connectivity index (χ4n) is 3.81. The first-order valence-electron chi connectivity index (χ1n) is 9.07. The molecule has 0 fully saturated rings. The van der Waals surface area contributed by atoms with Gasteiger partial charge in [-0.2, -0.15) is 0 Å². The Labute approximate surface area is 161 Å². The van der Waals surface area contributed by atoms with Gasteiger partial charge in [-0.3, -0.25) is 4.79 Å². The van der Waals surface area contributed by atoms with E-state index in [0.717, 1.165) is 46.9 Å². The van der Waals surface area contributed by atoms with Crippen molar-refractivity contribution in [2.75, 3.05) is 17.2 Å². The summed E-state index contributed by atoms with van der Waals surface area (Å²) in [6.45, 7) is 0.811. The second kappa shape index (κ2) is 6.74. The van der Waals surface area contributed by atoms with Crippen molar-refractivity contribution in [1.82, 2.24) is 20.3 Å². The smallest absolute Gasteiger partial charge is 0.259 e. The van der Waals surface area contributed by atoms with Crippen LogP contribution in [0.5, 0.6) is 0 Å². The molecular formula is C20H19N5OS. The number of nitrogens with zero attached hydrogens (tertiary/aromatic N) is 3. The van der Waals surface area contributed by atoms with Gasteiger partial charge in [-0.15, -0.1) is 11.8 Å². The van der Waals surface area contributed by atoms with E-state index in [1.54, 1.807) is 18.1 Å². The number of aromatic amines is 1. The first kappa shape index (κ1) is 16.4. The maximum absolute atomic E-state index is 12.9. The molecule has 3 aromatic rings. The van der Waals surface area contributed by atoms with Crippen LogP contribution in [0.4, 0.5) is 5.82 Å². The van der Waals surface area contributed by atoms with Gasteiger partial charge in [0.1, 0.15) is 17.8 Å². The van der Waals surface area contributed by atoms with Crippen molar-refractivity contribution in [2.45, 2.75) is 18.9 Å². The van der Waals surface area contributed by atoms with E-state index in [-0.39, 0.29) is 11.9 Å². The van der Waals surface area contributed by atoms with Gasteiger partial charge in [-0.25, -0.2) is 9.97 Å². The van der Waals surface area contributed by atoms with Crippen molar-refractivity contribution in [3.8, 4) is 0 Å². The molecule has 0 bridgehead atoms. The fraction of sp³-hybridized carbons (Fsp3) is 0.250. The van der Waals surface area contributed by atoms with Crippen LogP contribution in [0.2, 0.25) is 0 Å². The van der Waals surface area contributed by atoms with Crippen LogP contribution in [0.15, 0.2) is 54.0 Å². The zero-order valence-corrected chi connectivity index (χ0v) is 15.5. The highest BCUT2D eigenvalue weighted by atomic mass is 32.2. The van der Waals surface area contributed by atoms with Gasteiger partial charge in [0.25, 0.3) is 5.91 Å². The molecule has 1 unspecified atom stereocenters. The summed E-state index contributed by atoms with van der Waals surface area (Å²) in [6.07, 6.45) is 7.31. The number of aryl methyl sites for hydroxylation is 1. The number of carbonyl (C=O) groups excluding carboxylic acids is 1. The summed E-state index contributed by atoms with van der Waals surface area (Å²) in [5, 5.41) is 4.18. The lowest BCUT2D eigenvalue weighted by atomic mass is 10.1. The van der Waals surface area contributed by atoms with Crippen LogP contribution in [0.3, 0.4) is 0 Å². The molecule has 0 saturated heterocycles. The largest absolute Gasteiger partial charge is 0.346 e. The van der Waals surface area contributed by atoms with Crippen molar-refractivity contribution >= 4 is 34.5 Å². The van der Waals surface area contributed by atoms with E-state index in [9.17, 15) is 4.79 Å². The summed E-state index contributed by atoms with van der Waals surface area (Å²) in [5.74, 6) is 1.67. The minimum Gasteiger partial charge on any atom is -0.346 e. The maximum atomic E-state index is 12.9. The molecule has 5 rings (SSSR count). The minimum absolute atomic E-state index is 0.00854. The monoisotopic (exact) mass is 377 g/mol. The first-order chi connectivity index (χ1) is 13.3. The lowest BCUT2D eigenvalue weighted by molar-refractivity contribution is -0.117. The highest BCUT2D eigenvalue weighted by Crippen LogP contribution is 2.33. The van der Waals surface area contributed by atoms with E-state index in [4.69, 9.17) is 0 Å². The molecule has 2 aromatic heterocycles. The second-order valence-corrected chi connectivity index (χ2v) is 7.87. The predicted molar refractivity (Wildman–Crippen MR) is 107 cm³/mol. The number of thioether (sulfide) groups is 1. The molecule has 2 N–H and O–H groups in total. The van der Waals surface area contributed by atoms with E-state index in [2.05, 4.69) is 38.5 Å². The predicted octanol–water partition coefficient (Wildman–Crippen LogP) is 3.16. The van der Waals surface area contributed by atoms with Crippen molar-refractivity contribution in [1.29, 1.82) is 0 Å². The van der Waals surface area contributed by atoms with Crippen LogP contribution in [-0.4, -0.2) is 33.2 Å². The summed E-state index contributed by atoms with van der Waals surface area (Å²) >= 11 is 1.60. The third-order valence-corrected chi connectivity index (χ3v) is 6.12. The van der Waals surface area contributed by atoms with Crippen LogP contribution in [-0.2, 0) is 11.2 Å². The summed E-state index contributed by atoms with van der Waals surface area (Å²) in [4.78, 5) is 27.5. The van der Waals surface area contributed by atoms with E-state index < -0.39 is 0 Å². The third kappa shape index (κ3) is 2.98. The number of anilines is 1. The van der Waals surface area contributed by atoms with Gasteiger partial charge in [0, 0.05) is 24.7 Å². The van der Waals surface area contributed by atoms with Gasteiger partial charge in [-0.05, 0) is 30.0 Å². The van der Waals surface area contributed by atoms with E-state index in [1.165, 1.54) is 11.1 Å². The number of benzene rings is 1.